The molecule has 46 valence electrons. The lowest BCUT2D eigenvalue weighted by molar-refractivity contribution is 1.15. The van der Waals surface area contributed by atoms with E-state index >= 15 is 0 Å². The number of hydrogen-bond donors (Lipinski definition) is 0. The zero-order valence-corrected chi connectivity index (χ0v) is 6.07. The molecule has 0 aliphatic carbocycles. The van der Waals surface area contributed by atoms with Gasteiger partial charge in [0.2, 0.25) is 0 Å². The van der Waals surface area contributed by atoms with Crippen LogP contribution in [0.25, 0.3) is 0 Å². The average molecular weight is 137 g/mol. The monoisotopic (exact) mass is 137 g/mol. The minimum absolute atomic E-state index is 1.29. The van der Waals surface area contributed by atoms with Crippen LogP contribution in [0.5, 0.6) is 0 Å². The molecule has 0 amide bonds. The zero-order chi connectivity index (χ0) is 6.10. The topological polar surface area (TPSA) is 0 Å². The fraction of sp³-hybridized carbons (Fsp3) is 0.250. The van der Waals surface area contributed by atoms with Gasteiger partial charge in [-0.05, 0) is 6.07 Å². The van der Waals surface area contributed by atoms with Crippen molar-refractivity contribution in [2.75, 3.05) is 5.75 Å². The Hall–Kier alpha value is -0.430. The van der Waals surface area contributed by atoms with Gasteiger partial charge in [0.1, 0.15) is 5.75 Å². The Balaban J connectivity index is 2.54. The molecule has 0 saturated carbocycles. The van der Waals surface area contributed by atoms with Crippen LogP contribution in [0.15, 0.2) is 29.2 Å². The molecular weight excluding hydrogens is 128 g/mol. The number of rotatable bonds is 0. The molecule has 1 heterocycles. The summed E-state index contributed by atoms with van der Waals surface area (Å²) < 4.78 is 0. The van der Waals surface area contributed by atoms with E-state index in [2.05, 4.69) is 24.3 Å². The smallest absolute Gasteiger partial charge is 0.0616 e. The van der Waals surface area contributed by atoms with E-state index in [1.807, 2.05) is 0 Å². The second kappa shape index (κ2) is 2.07. The van der Waals surface area contributed by atoms with Gasteiger partial charge in [-0.15, -0.1) is 0 Å². The molecule has 1 aliphatic rings. The van der Waals surface area contributed by atoms with Gasteiger partial charge >= 0.3 is 0 Å². The van der Waals surface area contributed by atoms with Crippen molar-refractivity contribution in [1.29, 1.82) is 0 Å². The quantitative estimate of drug-likeness (QED) is 0.375. The Morgan fingerprint density at radius 1 is 1.22 bits per heavy atom. The van der Waals surface area contributed by atoms with Gasteiger partial charge in [0.15, 0.2) is 4.90 Å². The molecule has 0 radical (unpaired) electrons. The molecular formula is C8H9S+. The highest BCUT2D eigenvalue weighted by Gasteiger charge is 2.16. The summed E-state index contributed by atoms with van der Waals surface area (Å²) in [5, 5.41) is 0. The molecule has 0 spiro atoms. The molecule has 0 unspecified atom stereocenters. The molecule has 0 aromatic heterocycles. The third kappa shape index (κ3) is 0.855. The van der Waals surface area contributed by atoms with Crippen molar-refractivity contribution in [2.24, 2.45) is 0 Å². The van der Waals surface area contributed by atoms with Crippen LogP contribution in [0.3, 0.4) is 0 Å². The highest BCUT2D eigenvalue weighted by atomic mass is 32.2. The van der Waals surface area contributed by atoms with Crippen molar-refractivity contribution in [1.82, 2.24) is 0 Å². The fourth-order valence-corrected chi connectivity index (χ4v) is 2.35. The van der Waals surface area contributed by atoms with Crippen LogP contribution in [0.2, 0.25) is 0 Å². The number of fused-ring (bicyclic) bond motifs is 1. The summed E-state index contributed by atoms with van der Waals surface area (Å²) in [6, 6.07) is 8.70. The van der Waals surface area contributed by atoms with Crippen molar-refractivity contribution < 1.29 is 0 Å². The van der Waals surface area contributed by atoms with Gasteiger partial charge in [-0.1, -0.05) is 18.2 Å². The molecule has 0 nitrogen and oxygen atoms in total. The predicted molar refractivity (Wildman–Crippen MR) is 42.0 cm³/mol. The summed E-state index contributed by atoms with van der Waals surface area (Å²) in [5.74, 6) is 1.33. The zero-order valence-electron chi connectivity index (χ0n) is 5.17. The SMILES string of the molecule is c1ccc2c(c1)CC[SH+]2. The van der Waals surface area contributed by atoms with Crippen molar-refractivity contribution >= 4 is 11.8 Å². The highest BCUT2D eigenvalue weighted by Crippen LogP contribution is 2.18. The predicted octanol–water partition coefficient (Wildman–Crippen LogP) is 1.42. The van der Waals surface area contributed by atoms with Crippen LogP contribution >= 0.6 is 0 Å². The first-order valence-electron chi connectivity index (χ1n) is 3.22. The lowest BCUT2D eigenvalue weighted by atomic mass is 10.2. The normalized spacial score (nSPS) is 15.6. The first kappa shape index (κ1) is 5.36. The van der Waals surface area contributed by atoms with Gasteiger partial charge in [-0.25, -0.2) is 0 Å². The van der Waals surface area contributed by atoms with Gasteiger partial charge < -0.3 is 0 Å². The van der Waals surface area contributed by atoms with E-state index in [9.17, 15) is 0 Å². The molecule has 0 N–H and O–H groups in total. The summed E-state index contributed by atoms with van der Waals surface area (Å²) in [6.07, 6.45) is 1.29. The van der Waals surface area contributed by atoms with Gasteiger partial charge in [-0.2, -0.15) is 0 Å². The van der Waals surface area contributed by atoms with Crippen LogP contribution in [0.1, 0.15) is 5.56 Å². The van der Waals surface area contributed by atoms with Crippen LogP contribution in [-0.4, -0.2) is 5.75 Å². The van der Waals surface area contributed by atoms with E-state index in [0.29, 0.717) is 0 Å². The van der Waals surface area contributed by atoms with Crippen LogP contribution < -0.4 is 0 Å². The van der Waals surface area contributed by atoms with Crippen LogP contribution in [0, 0.1) is 0 Å². The minimum Gasteiger partial charge on any atom is -0.0616 e. The fourth-order valence-electron chi connectivity index (χ4n) is 1.17. The van der Waals surface area contributed by atoms with Crippen molar-refractivity contribution in [3.8, 4) is 0 Å². The van der Waals surface area contributed by atoms with Crippen molar-refractivity contribution in [2.45, 2.75) is 11.3 Å². The van der Waals surface area contributed by atoms with Gasteiger partial charge in [0.05, 0.1) is 0 Å². The summed E-state index contributed by atoms with van der Waals surface area (Å²) >= 11 is 1.52. The largest absolute Gasteiger partial charge is 0.155 e. The first-order chi connectivity index (χ1) is 4.47. The van der Waals surface area contributed by atoms with Crippen molar-refractivity contribution in [3.05, 3.63) is 29.8 Å². The van der Waals surface area contributed by atoms with E-state index in [-0.39, 0.29) is 0 Å². The van der Waals surface area contributed by atoms with E-state index in [0.717, 1.165) is 0 Å². The molecule has 2 rings (SSSR count). The first-order valence-corrected chi connectivity index (χ1v) is 4.30. The average Bonchev–Trinajstić information content (AvgIpc) is 2.33. The number of aryl methyl sites for hydroxylation is 1. The maximum atomic E-state index is 2.23. The molecule has 9 heavy (non-hydrogen) atoms. The second-order valence-corrected chi connectivity index (χ2v) is 3.51. The molecule has 1 heteroatoms. The van der Waals surface area contributed by atoms with Gasteiger partial charge in [0.25, 0.3) is 0 Å². The van der Waals surface area contributed by atoms with Crippen LogP contribution in [0.4, 0.5) is 0 Å². The number of thiol groups is 1. The molecule has 1 aromatic rings. The highest BCUT2D eigenvalue weighted by molar-refractivity contribution is 7.78. The number of hydrogen-bond acceptors (Lipinski definition) is 0. The van der Waals surface area contributed by atoms with E-state index in [4.69, 9.17) is 0 Å². The van der Waals surface area contributed by atoms with E-state index in [1.165, 1.54) is 28.8 Å². The summed E-state index contributed by atoms with van der Waals surface area (Å²) in [4.78, 5) is 1.54. The number of benzene rings is 1. The summed E-state index contributed by atoms with van der Waals surface area (Å²) in [7, 11) is 0. The Labute approximate surface area is 59.3 Å². The second-order valence-electron chi connectivity index (χ2n) is 2.26. The van der Waals surface area contributed by atoms with Gasteiger partial charge in [0, 0.05) is 23.7 Å². The van der Waals surface area contributed by atoms with Crippen molar-refractivity contribution in [3.63, 3.8) is 0 Å². The summed E-state index contributed by atoms with van der Waals surface area (Å²) in [6.45, 7) is 0. The summed E-state index contributed by atoms with van der Waals surface area (Å²) in [5.41, 5.74) is 1.55. The Kier molecular flexibility index (Phi) is 1.23. The molecule has 0 atom stereocenters. The Morgan fingerprint density at radius 2 is 2.11 bits per heavy atom. The standard InChI is InChI=1S/C8H8S/c1-2-4-8-7(3-1)5-6-9-8/h1-4H,5-6H2/p+1. The Bertz CT molecular complexity index is 195. The molecule has 1 aromatic carbocycles. The lowest BCUT2D eigenvalue weighted by Crippen LogP contribution is -1.76. The molecule has 0 fully saturated rings. The van der Waals surface area contributed by atoms with E-state index in [1.54, 1.807) is 5.56 Å². The van der Waals surface area contributed by atoms with Crippen LogP contribution in [-0.2, 0) is 18.2 Å². The maximum absolute atomic E-state index is 2.23. The van der Waals surface area contributed by atoms with E-state index < -0.39 is 0 Å². The lowest BCUT2D eigenvalue weighted by Gasteiger charge is -1.85. The molecule has 0 bridgehead atoms. The third-order valence-corrected chi connectivity index (χ3v) is 2.88. The minimum atomic E-state index is 1.29. The third-order valence-electron chi connectivity index (χ3n) is 1.65. The molecule has 0 saturated heterocycles. The van der Waals surface area contributed by atoms with Gasteiger partial charge in [-0.3, -0.25) is 0 Å². The maximum Gasteiger partial charge on any atom is 0.155 e. The molecule has 1 aliphatic heterocycles. The Morgan fingerprint density at radius 3 is 3.00 bits per heavy atom.